The number of aromatic nitrogens is 3. The monoisotopic (exact) mass is 319 g/mol. The molecular formula is C16H15ClFN3O. The normalized spacial score (nSPS) is 12.7. The first kappa shape index (κ1) is 14.8. The van der Waals surface area contributed by atoms with Crippen LogP contribution in [0.4, 0.5) is 4.39 Å². The van der Waals surface area contributed by atoms with Crippen molar-refractivity contribution >= 4 is 22.8 Å². The van der Waals surface area contributed by atoms with Gasteiger partial charge in [-0.1, -0.05) is 30.7 Å². The quantitative estimate of drug-likeness (QED) is 0.788. The highest BCUT2D eigenvalue weighted by molar-refractivity contribution is 6.34. The van der Waals surface area contributed by atoms with Crippen molar-refractivity contribution in [2.45, 2.75) is 26.3 Å². The van der Waals surface area contributed by atoms with Crippen molar-refractivity contribution in [1.82, 2.24) is 14.5 Å². The van der Waals surface area contributed by atoms with Crippen LogP contribution in [0.3, 0.4) is 0 Å². The number of rotatable bonds is 3. The Morgan fingerprint density at radius 2 is 2.05 bits per heavy atom. The number of pyridine rings is 1. The molecule has 0 saturated carbocycles. The third-order valence-corrected chi connectivity index (χ3v) is 4.14. The van der Waals surface area contributed by atoms with E-state index in [-0.39, 0.29) is 17.5 Å². The van der Waals surface area contributed by atoms with E-state index < -0.39 is 0 Å². The number of nitrogens with zero attached hydrogens (tertiary/aromatic N) is 2. The molecule has 22 heavy (non-hydrogen) atoms. The van der Waals surface area contributed by atoms with E-state index in [0.29, 0.717) is 21.7 Å². The standard InChI is InChI=1S/C16H15ClFN3O/c1-3-9(2)21-14-13(10-4-6-11(18)7-5-10)12(17)8-19-15(14)20-16(21)22/h4-9H,3H2,1-2H3,(H,19,20,22)/t9-/m0/s1. The molecule has 6 heteroatoms. The van der Waals surface area contributed by atoms with Gasteiger partial charge in [0.1, 0.15) is 5.82 Å². The molecule has 0 aliphatic carbocycles. The zero-order valence-electron chi connectivity index (χ0n) is 12.2. The zero-order valence-corrected chi connectivity index (χ0v) is 13.0. The second-order valence-corrected chi connectivity index (χ2v) is 5.65. The summed E-state index contributed by atoms with van der Waals surface area (Å²) in [5.74, 6) is -0.321. The lowest BCUT2D eigenvalue weighted by molar-refractivity contribution is 0.530. The Hall–Kier alpha value is -2.14. The summed E-state index contributed by atoms with van der Waals surface area (Å²) in [4.78, 5) is 19.2. The van der Waals surface area contributed by atoms with Gasteiger partial charge in [0.2, 0.25) is 0 Å². The molecule has 0 fully saturated rings. The third-order valence-electron chi connectivity index (χ3n) is 3.86. The van der Waals surface area contributed by atoms with Crippen molar-refractivity contribution in [2.75, 3.05) is 0 Å². The van der Waals surface area contributed by atoms with E-state index in [1.807, 2.05) is 13.8 Å². The lowest BCUT2D eigenvalue weighted by Gasteiger charge is -2.14. The van der Waals surface area contributed by atoms with Crippen molar-refractivity contribution in [3.05, 3.63) is 51.8 Å². The molecule has 0 radical (unpaired) electrons. The molecule has 0 saturated heterocycles. The highest BCUT2D eigenvalue weighted by Crippen LogP contribution is 2.34. The van der Waals surface area contributed by atoms with E-state index in [1.54, 1.807) is 16.7 Å². The van der Waals surface area contributed by atoms with Gasteiger partial charge < -0.3 is 0 Å². The Balaban J connectivity index is 2.40. The summed E-state index contributed by atoms with van der Waals surface area (Å²) in [7, 11) is 0. The van der Waals surface area contributed by atoms with E-state index in [4.69, 9.17) is 11.6 Å². The first-order valence-electron chi connectivity index (χ1n) is 7.07. The molecule has 0 amide bonds. The van der Waals surface area contributed by atoms with Crippen LogP contribution in [0.2, 0.25) is 5.02 Å². The third kappa shape index (κ3) is 2.31. The van der Waals surface area contributed by atoms with Gasteiger partial charge in [-0.15, -0.1) is 0 Å². The Morgan fingerprint density at radius 1 is 1.36 bits per heavy atom. The summed E-state index contributed by atoms with van der Waals surface area (Å²) in [6.07, 6.45) is 2.29. The topological polar surface area (TPSA) is 50.7 Å². The van der Waals surface area contributed by atoms with Crippen LogP contribution >= 0.6 is 11.6 Å². The van der Waals surface area contributed by atoms with Crippen LogP contribution in [0.5, 0.6) is 0 Å². The average molecular weight is 320 g/mol. The van der Waals surface area contributed by atoms with Crippen LogP contribution in [0.25, 0.3) is 22.3 Å². The second kappa shape index (κ2) is 5.57. The van der Waals surface area contributed by atoms with Crippen molar-refractivity contribution in [2.24, 2.45) is 0 Å². The molecule has 0 aliphatic rings. The fraction of sp³-hybridized carbons (Fsp3) is 0.250. The van der Waals surface area contributed by atoms with Gasteiger partial charge in [-0.2, -0.15) is 0 Å². The van der Waals surface area contributed by atoms with Crippen LogP contribution in [0, 0.1) is 5.82 Å². The zero-order chi connectivity index (χ0) is 15.9. The molecule has 0 bridgehead atoms. The Bertz CT molecular complexity index is 883. The molecule has 2 heterocycles. The van der Waals surface area contributed by atoms with Gasteiger partial charge in [0.25, 0.3) is 0 Å². The molecule has 0 spiro atoms. The predicted octanol–water partition coefficient (Wildman–Crippen LogP) is 4.16. The fourth-order valence-corrected chi connectivity index (χ4v) is 2.81. The molecular weight excluding hydrogens is 305 g/mol. The molecule has 0 aliphatic heterocycles. The van der Waals surface area contributed by atoms with E-state index in [2.05, 4.69) is 9.97 Å². The summed E-state index contributed by atoms with van der Waals surface area (Å²) in [5, 5.41) is 0.426. The van der Waals surface area contributed by atoms with Crippen molar-refractivity contribution in [3.63, 3.8) is 0 Å². The summed E-state index contributed by atoms with van der Waals surface area (Å²) < 4.78 is 14.8. The number of aromatic amines is 1. The van der Waals surface area contributed by atoms with Crippen LogP contribution in [0.15, 0.2) is 35.3 Å². The first-order chi connectivity index (χ1) is 10.5. The minimum absolute atomic E-state index is 0.000662. The molecule has 2 aromatic heterocycles. The molecule has 1 N–H and O–H groups in total. The maximum absolute atomic E-state index is 13.2. The highest BCUT2D eigenvalue weighted by Gasteiger charge is 2.19. The predicted molar refractivity (Wildman–Crippen MR) is 85.8 cm³/mol. The molecule has 1 atom stereocenters. The SMILES string of the molecule is CC[C@H](C)n1c(=O)[nH]c2ncc(Cl)c(-c3ccc(F)cc3)c21. The maximum atomic E-state index is 13.2. The van der Waals surface area contributed by atoms with Gasteiger partial charge >= 0.3 is 5.69 Å². The summed E-state index contributed by atoms with van der Waals surface area (Å²) in [6.45, 7) is 3.97. The number of benzene rings is 1. The molecule has 0 unspecified atom stereocenters. The summed E-state index contributed by atoms with van der Waals surface area (Å²) >= 11 is 6.32. The summed E-state index contributed by atoms with van der Waals surface area (Å²) in [5.41, 5.74) is 2.34. The lowest BCUT2D eigenvalue weighted by atomic mass is 10.1. The van der Waals surface area contributed by atoms with E-state index in [9.17, 15) is 9.18 Å². The van der Waals surface area contributed by atoms with Crippen LogP contribution in [0.1, 0.15) is 26.3 Å². The first-order valence-corrected chi connectivity index (χ1v) is 7.45. The highest BCUT2D eigenvalue weighted by atomic mass is 35.5. The smallest absolute Gasteiger partial charge is 0.290 e. The Labute approximate surface area is 131 Å². The molecule has 3 aromatic rings. The van der Waals surface area contributed by atoms with Gasteiger partial charge in [-0.3, -0.25) is 9.55 Å². The van der Waals surface area contributed by atoms with E-state index in [0.717, 1.165) is 12.0 Å². The minimum atomic E-state index is -0.321. The van der Waals surface area contributed by atoms with Crippen molar-refractivity contribution < 1.29 is 4.39 Å². The van der Waals surface area contributed by atoms with Crippen LogP contribution < -0.4 is 5.69 Å². The largest absolute Gasteiger partial charge is 0.327 e. The van der Waals surface area contributed by atoms with Crippen LogP contribution in [-0.2, 0) is 0 Å². The number of halogens is 2. The van der Waals surface area contributed by atoms with Gasteiger partial charge in [-0.05, 0) is 31.0 Å². The number of H-pyrrole nitrogens is 1. The number of nitrogens with one attached hydrogen (secondary N) is 1. The van der Waals surface area contributed by atoms with Gasteiger partial charge in [0.15, 0.2) is 5.65 Å². The molecule has 3 rings (SSSR count). The number of hydrogen-bond acceptors (Lipinski definition) is 2. The number of fused-ring (bicyclic) bond motifs is 1. The maximum Gasteiger partial charge on any atom is 0.327 e. The van der Waals surface area contributed by atoms with Crippen molar-refractivity contribution in [3.8, 4) is 11.1 Å². The fourth-order valence-electron chi connectivity index (χ4n) is 2.56. The van der Waals surface area contributed by atoms with Gasteiger partial charge in [0, 0.05) is 17.8 Å². The Morgan fingerprint density at radius 3 is 2.68 bits per heavy atom. The number of imidazole rings is 1. The average Bonchev–Trinajstić information content (AvgIpc) is 2.84. The van der Waals surface area contributed by atoms with E-state index >= 15 is 0 Å². The minimum Gasteiger partial charge on any atom is -0.290 e. The van der Waals surface area contributed by atoms with Gasteiger partial charge in [0.05, 0.1) is 10.5 Å². The molecule has 4 nitrogen and oxygen atoms in total. The molecule has 1 aromatic carbocycles. The summed E-state index contributed by atoms with van der Waals surface area (Å²) in [6, 6.07) is 6.04. The Kier molecular flexibility index (Phi) is 3.74. The van der Waals surface area contributed by atoms with Gasteiger partial charge in [-0.25, -0.2) is 14.2 Å². The second-order valence-electron chi connectivity index (χ2n) is 5.24. The molecule has 114 valence electrons. The van der Waals surface area contributed by atoms with Crippen molar-refractivity contribution in [1.29, 1.82) is 0 Å². The van der Waals surface area contributed by atoms with Crippen LogP contribution in [-0.4, -0.2) is 14.5 Å². The lowest BCUT2D eigenvalue weighted by Crippen LogP contribution is -2.20. The number of hydrogen-bond donors (Lipinski definition) is 1. The van der Waals surface area contributed by atoms with E-state index in [1.165, 1.54) is 18.3 Å².